The third kappa shape index (κ3) is 5.22. The van der Waals surface area contributed by atoms with Gasteiger partial charge in [-0.25, -0.2) is 9.59 Å². The molecule has 0 saturated heterocycles. The highest BCUT2D eigenvalue weighted by Crippen LogP contribution is 2.21. The molecule has 2 rings (SSSR count). The SMILES string of the molecule is Cc1cc(C(=O)O[C@@H](C)C(=O)NC(=O)NC(C)(C)C)c(C)n1-c1ccccc1. The number of amides is 3. The van der Waals surface area contributed by atoms with Crippen LogP contribution in [0.5, 0.6) is 0 Å². The number of imide groups is 1. The van der Waals surface area contributed by atoms with Gasteiger partial charge in [0.15, 0.2) is 6.10 Å². The highest BCUT2D eigenvalue weighted by molar-refractivity contribution is 5.99. The summed E-state index contributed by atoms with van der Waals surface area (Å²) < 4.78 is 7.21. The van der Waals surface area contributed by atoms with E-state index in [1.54, 1.807) is 26.8 Å². The Hall–Kier alpha value is -3.09. The molecule has 3 amide bonds. The second kappa shape index (κ2) is 8.29. The van der Waals surface area contributed by atoms with Gasteiger partial charge in [-0.15, -0.1) is 0 Å². The van der Waals surface area contributed by atoms with Crippen molar-refractivity contribution >= 4 is 17.9 Å². The minimum Gasteiger partial charge on any atom is -0.449 e. The van der Waals surface area contributed by atoms with Gasteiger partial charge in [0.2, 0.25) is 0 Å². The van der Waals surface area contributed by atoms with E-state index in [0.29, 0.717) is 11.3 Å². The van der Waals surface area contributed by atoms with Crippen LogP contribution in [0, 0.1) is 13.8 Å². The number of rotatable bonds is 4. The van der Waals surface area contributed by atoms with E-state index in [2.05, 4.69) is 10.6 Å². The Labute approximate surface area is 165 Å². The van der Waals surface area contributed by atoms with Crippen molar-refractivity contribution in [3.63, 3.8) is 0 Å². The molecule has 0 spiro atoms. The topological polar surface area (TPSA) is 89.4 Å². The van der Waals surface area contributed by atoms with Crippen molar-refractivity contribution < 1.29 is 19.1 Å². The number of benzene rings is 1. The van der Waals surface area contributed by atoms with Crippen LogP contribution in [0.25, 0.3) is 5.69 Å². The Morgan fingerprint density at radius 3 is 2.25 bits per heavy atom. The van der Waals surface area contributed by atoms with E-state index in [-0.39, 0.29) is 0 Å². The zero-order valence-corrected chi connectivity index (χ0v) is 17.1. The van der Waals surface area contributed by atoms with Gasteiger partial charge in [0.05, 0.1) is 5.56 Å². The maximum Gasteiger partial charge on any atom is 0.340 e. The Morgan fingerprint density at radius 1 is 1.07 bits per heavy atom. The van der Waals surface area contributed by atoms with Gasteiger partial charge in [-0.05, 0) is 59.7 Å². The van der Waals surface area contributed by atoms with Crippen LogP contribution in [0.2, 0.25) is 0 Å². The standard InChI is InChI=1S/C21H27N3O4/c1-13-12-17(14(2)24(13)16-10-8-7-9-11-16)19(26)28-15(3)18(25)22-20(27)23-21(4,5)6/h7-12,15H,1-6H3,(H2,22,23,25,27)/t15-/m0/s1. The van der Waals surface area contributed by atoms with Gasteiger partial charge >= 0.3 is 12.0 Å². The molecule has 28 heavy (non-hydrogen) atoms. The van der Waals surface area contributed by atoms with Gasteiger partial charge in [0.25, 0.3) is 5.91 Å². The fraction of sp³-hybridized carbons (Fsp3) is 0.381. The second-order valence-electron chi connectivity index (χ2n) is 7.70. The van der Waals surface area contributed by atoms with E-state index >= 15 is 0 Å². The number of hydrogen-bond acceptors (Lipinski definition) is 4. The van der Waals surface area contributed by atoms with Crippen molar-refractivity contribution in [1.82, 2.24) is 15.2 Å². The molecule has 1 atom stereocenters. The largest absolute Gasteiger partial charge is 0.449 e. The van der Waals surface area contributed by atoms with Crippen LogP contribution in [-0.2, 0) is 9.53 Å². The summed E-state index contributed by atoms with van der Waals surface area (Å²) in [5.74, 6) is -1.30. The zero-order valence-electron chi connectivity index (χ0n) is 17.1. The second-order valence-corrected chi connectivity index (χ2v) is 7.70. The van der Waals surface area contributed by atoms with Crippen LogP contribution in [0.1, 0.15) is 49.4 Å². The zero-order chi connectivity index (χ0) is 21.1. The molecule has 7 heteroatoms. The smallest absolute Gasteiger partial charge is 0.340 e. The van der Waals surface area contributed by atoms with Crippen molar-refractivity contribution in [3.05, 3.63) is 53.3 Å². The van der Waals surface area contributed by atoms with E-state index in [1.165, 1.54) is 6.92 Å². The third-order valence-corrected chi connectivity index (χ3v) is 4.04. The Morgan fingerprint density at radius 2 is 1.68 bits per heavy atom. The normalized spacial score (nSPS) is 12.2. The molecule has 2 N–H and O–H groups in total. The van der Waals surface area contributed by atoms with E-state index in [0.717, 1.165) is 11.4 Å². The summed E-state index contributed by atoms with van der Waals surface area (Å²) in [5.41, 5.74) is 2.41. The van der Waals surface area contributed by atoms with Gasteiger partial charge in [0.1, 0.15) is 0 Å². The molecular weight excluding hydrogens is 358 g/mol. The molecule has 0 unspecified atom stereocenters. The lowest BCUT2D eigenvalue weighted by Crippen LogP contribution is -2.50. The first kappa shape index (κ1) is 21.2. The van der Waals surface area contributed by atoms with E-state index < -0.39 is 29.6 Å². The summed E-state index contributed by atoms with van der Waals surface area (Å²) in [7, 11) is 0. The number of urea groups is 1. The molecule has 1 heterocycles. The summed E-state index contributed by atoms with van der Waals surface area (Å²) in [6.07, 6.45) is -1.11. The van der Waals surface area contributed by atoms with Crippen molar-refractivity contribution in [3.8, 4) is 5.69 Å². The van der Waals surface area contributed by atoms with Crippen molar-refractivity contribution in [1.29, 1.82) is 0 Å². The molecule has 7 nitrogen and oxygen atoms in total. The minimum absolute atomic E-state index is 0.375. The van der Waals surface area contributed by atoms with Crippen LogP contribution in [0.3, 0.4) is 0 Å². The predicted octanol–water partition coefficient (Wildman–Crippen LogP) is 3.26. The van der Waals surface area contributed by atoms with Crippen LogP contribution in [0.15, 0.2) is 36.4 Å². The number of esters is 1. The molecule has 1 aromatic heterocycles. The van der Waals surface area contributed by atoms with E-state index in [1.807, 2.05) is 48.7 Å². The maximum absolute atomic E-state index is 12.6. The van der Waals surface area contributed by atoms with Crippen LogP contribution >= 0.6 is 0 Å². The number of para-hydroxylation sites is 1. The Bertz CT molecular complexity index is 879. The molecule has 0 bridgehead atoms. The Balaban J connectivity index is 2.09. The van der Waals surface area contributed by atoms with Gasteiger partial charge < -0.3 is 14.6 Å². The lowest BCUT2D eigenvalue weighted by molar-refractivity contribution is -0.127. The van der Waals surface area contributed by atoms with Crippen LogP contribution in [0.4, 0.5) is 4.79 Å². The van der Waals surface area contributed by atoms with Crippen molar-refractivity contribution in [2.24, 2.45) is 0 Å². The summed E-state index contributed by atoms with van der Waals surface area (Å²) in [4.78, 5) is 36.5. The monoisotopic (exact) mass is 385 g/mol. The summed E-state index contributed by atoms with van der Waals surface area (Å²) in [6.45, 7) is 10.5. The first-order valence-electron chi connectivity index (χ1n) is 9.08. The molecule has 0 saturated carbocycles. The highest BCUT2D eigenvalue weighted by Gasteiger charge is 2.25. The number of hydrogen-bond donors (Lipinski definition) is 2. The highest BCUT2D eigenvalue weighted by atomic mass is 16.5. The maximum atomic E-state index is 12.6. The number of aromatic nitrogens is 1. The van der Waals surface area contributed by atoms with Gasteiger partial charge in [-0.3, -0.25) is 10.1 Å². The summed E-state index contributed by atoms with van der Waals surface area (Å²) >= 11 is 0. The molecule has 0 aliphatic carbocycles. The molecule has 2 aromatic rings. The molecule has 0 radical (unpaired) electrons. The van der Waals surface area contributed by atoms with Crippen molar-refractivity contribution in [2.45, 2.75) is 53.2 Å². The van der Waals surface area contributed by atoms with E-state index in [9.17, 15) is 14.4 Å². The predicted molar refractivity (Wildman–Crippen MR) is 107 cm³/mol. The average molecular weight is 385 g/mol. The summed E-state index contributed by atoms with van der Waals surface area (Å²) in [6, 6.07) is 10.7. The minimum atomic E-state index is -1.11. The fourth-order valence-corrected chi connectivity index (χ4v) is 2.81. The molecule has 1 aromatic carbocycles. The number of carbonyl (C=O) groups excluding carboxylic acids is 3. The molecule has 0 fully saturated rings. The van der Waals surface area contributed by atoms with Crippen LogP contribution in [-0.4, -0.2) is 34.1 Å². The Kier molecular flexibility index (Phi) is 6.28. The number of aryl methyl sites for hydroxylation is 1. The van der Waals surface area contributed by atoms with Crippen molar-refractivity contribution in [2.75, 3.05) is 0 Å². The number of nitrogens with zero attached hydrogens (tertiary/aromatic N) is 1. The van der Waals surface area contributed by atoms with Gasteiger partial charge in [0, 0.05) is 22.6 Å². The van der Waals surface area contributed by atoms with Crippen LogP contribution < -0.4 is 10.6 Å². The quantitative estimate of drug-likeness (QED) is 0.791. The molecule has 150 valence electrons. The number of ether oxygens (including phenoxy) is 1. The summed E-state index contributed by atoms with van der Waals surface area (Å²) in [5, 5.41) is 4.79. The van der Waals surface area contributed by atoms with Gasteiger partial charge in [-0.2, -0.15) is 0 Å². The first-order valence-corrected chi connectivity index (χ1v) is 9.08. The third-order valence-electron chi connectivity index (χ3n) is 4.04. The first-order chi connectivity index (χ1) is 13.0. The number of carbonyl (C=O) groups is 3. The average Bonchev–Trinajstić information content (AvgIpc) is 2.88. The molecule has 0 aliphatic rings. The lowest BCUT2D eigenvalue weighted by atomic mass is 10.1. The molecule has 0 aliphatic heterocycles. The lowest BCUT2D eigenvalue weighted by Gasteiger charge is -2.21. The fourth-order valence-electron chi connectivity index (χ4n) is 2.81. The molecular formula is C21H27N3O4. The van der Waals surface area contributed by atoms with Gasteiger partial charge in [-0.1, -0.05) is 18.2 Å². The number of nitrogens with one attached hydrogen (secondary N) is 2. The van der Waals surface area contributed by atoms with E-state index in [4.69, 9.17) is 4.74 Å².